The summed E-state index contributed by atoms with van der Waals surface area (Å²) in [6.07, 6.45) is 17.3. The second-order valence-electron chi connectivity index (χ2n) is 6.84. The minimum absolute atomic E-state index is 0.381. The third-order valence-corrected chi connectivity index (χ3v) is 5.56. The maximum atomic E-state index is 8.91. The van der Waals surface area contributed by atoms with Crippen LogP contribution in [-0.2, 0) is 16.3 Å². The van der Waals surface area contributed by atoms with Crippen molar-refractivity contribution >= 4 is 18.5 Å². The first-order chi connectivity index (χ1) is 10.5. The molecule has 2 atom stereocenters. The molecule has 0 amide bonds. The molecule has 1 rings (SSSR count). The molecule has 5 heteroatoms. The second-order valence-corrected chi connectivity index (χ2v) is 9.51. The van der Waals surface area contributed by atoms with Gasteiger partial charge < -0.3 is 14.3 Å². The van der Waals surface area contributed by atoms with Gasteiger partial charge in [-0.1, -0.05) is 77.6 Å². The molecular formula is C17H35O3PS. The molecule has 0 spiro atoms. The molecule has 2 N–H and O–H groups in total. The predicted octanol–water partition coefficient (Wildman–Crippen LogP) is 5.55. The molecule has 1 fully saturated rings. The van der Waals surface area contributed by atoms with Crippen LogP contribution in [0, 0.1) is 11.8 Å². The molecule has 0 saturated heterocycles. The molecule has 1 aliphatic rings. The number of rotatable bonds is 15. The summed E-state index contributed by atoms with van der Waals surface area (Å²) in [4.78, 5) is 17.8. The van der Waals surface area contributed by atoms with Crippen molar-refractivity contribution in [1.29, 1.82) is 0 Å². The van der Waals surface area contributed by atoms with Crippen LogP contribution in [0.15, 0.2) is 0 Å². The molecular weight excluding hydrogens is 315 g/mol. The van der Waals surface area contributed by atoms with Crippen molar-refractivity contribution in [3.63, 3.8) is 0 Å². The van der Waals surface area contributed by atoms with Gasteiger partial charge in [0.1, 0.15) is 0 Å². The summed E-state index contributed by atoms with van der Waals surface area (Å²) in [6, 6.07) is 0. The first kappa shape index (κ1) is 20.6. The Labute approximate surface area is 142 Å². The van der Waals surface area contributed by atoms with Gasteiger partial charge >= 0.3 is 6.72 Å². The lowest BCUT2D eigenvalue weighted by molar-refractivity contribution is 0.245. The fraction of sp³-hybridized carbons (Fsp3) is 1.00. The Hall–Kier alpha value is 0.530. The van der Waals surface area contributed by atoms with E-state index in [0.717, 1.165) is 24.7 Å². The first-order valence-electron chi connectivity index (χ1n) is 9.23. The molecule has 0 aromatic carbocycles. The van der Waals surface area contributed by atoms with Crippen molar-refractivity contribution in [2.24, 2.45) is 11.8 Å². The second kappa shape index (κ2) is 12.0. The van der Waals surface area contributed by atoms with E-state index in [-0.39, 0.29) is 0 Å². The van der Waals surface area contributed by atoms with E-state index >= 15 is 0 Å². The van der Waals surface area contributed by atoms with Crippen molar-refractivity contribution in [3.8, 4) is 0 Å². The van der Waals surface area contributed by atoms with E-state index in [1.807, 2.05) is 0 Å². The largest absolute Gasteiger partial charge is 0.325 e. The maximum Gasteiger partial charge on any atom is 0.321 e. The van der Waals surface area contributed by atoms with Crippen LogP contribution in [0.2, 0.25) is 0 Å². The fourth-order valence-corrected chi connectivity index (χ4v) is 3.84. The standard InChI is InChI=1S/C17H35O3PS/c1-2-3-4-9-12-16-15-17(16)13-10-7-5-6-8-11-14-20-21(18,19)22/h16-17H,2-15H2,1H3,(H2,18,19,22). The Balaban J connectivity index is 1.77. The van der Waals surface area contributed by atoms with Crippen LogP contribution in [0.4, 0.5) is 0 Å². The molecule has 0 aliphatic heterocycles. The van der Waals surface area contributed by atoms with E-state index in [4.69, 9.17) is 14.3 Å². The number of hydrogen-bond donors (Lipinski definition) is 2. The molecule has 22 heavy (non-hydrogen) atoms. The van der Waals surface area contributed by atoms with Crippen molar-refractivity contribution in [2.75, 3.05) is 6.61 Å². The molecule has 0 heterocycles. The average molecular weight is 351 g/mol. The van der Waals surface area contributed by atoms with Gasteiger partial charge in [0.2, 0.25) is 0 Å². The Morgan fingerprint density at radius 1 is 0.864 bits per heavy atom. The third kappa shape index (κ3) is 12.0. The highest BCUT2D eigenvalue weighted by molar-refractivity contribution is 8.06. The Bertz CT molecular complexity index is 319. The zero-order chi connectivity index (χ0) is 16.3. The Morgan fingerprint density at radius 2 is 1.36 bits per heavy atom. The molecule has 2 unspecified atom stereocenters. The molecule has 0 radical (unpaired) electrons. The summed E-state index contributed by atoms with van der Waals surface area (Å²) < 4.78 is 4.79. The summed E-state index contributed by atoms with van der Waals surface area (Å²) >= 11 is 4.40. The third-order valence-electron chi connectivity index (χ3n) is 4.73. The lowest BCUT2D eigenvalue weighted by atomic mass is 10.0. The molecule has 0 bridgehead atoms. The van der Waals surface area contributed by atoms with Gasteiger partial charge in [-0.3, -0.25) is 0 Å². The highest BCUT2D eigenvalue weighted by Crippen LogP contribution is 2.45. The maximum absolute atomic E-state index is 8.91. The van der Waals surface area contributed by atoms with E-state index in [0.29, 0.717) is 6.61 Å². The molecule has 0 aromatic heterocycles. The van der Waals surface area contributed by atoms with Gasteiger partial charge in [-0.05, 0) is 36.5 Å². The van der Waals surface area contributed by atoms with Gasteiger partial charge in [0.05, 0.1) is 6.61 Å². The normalized spacial score (nSPS) is 21.2. The first-order valence-corrected chi connectivity index (χ1v) is 11.9. The van der Waals surface area contributed by atoms with Crippen molar-refractivity contribution in [2.45, 2.75) is 90.4 Å². The lowest BCUT2D eigenvalue weighted by Crippen LogP contribution is -1.92. The highest BCUT2D eigenvalue weighted by Gasteiger charge is 2.34. The lowest BCUT2D eigenvalue weighted by Gasteiger charge is -2.07. The zero-order valence-electron chi connectivity index (χ0n) is 14.2. The van der Waals surface area contributed by atoms with E-state index in [9.17, 15) is 0 Å². The van der Waals surface area contributed by atoms with E-state index in [1.165, 1.54) is 70.6 Å². The Morgan fingerprint density at radius 3 is 1.91 bits per heavy atom. The molecule has 1 aliphatic carbocycles. The summed E-state index contributed by atoms with van der Waals surface area (Å²) in [6.45, 7) is -0.762. The van der Waals surface area contributed by atoms with Gasteiger partial charge in [0, 0.05) is 0 Å². The van der Waals surface area contributed by atoms with Crippen LogP contribution in [0.5, 0.6) is 0 Å². The topological polar surface area (TPSA) is 49.7 Å². The van der Waals surface area contributed by atoms with E-state index < -0.39 is 6.72 Å². The van der Waals surface area contributed by atoms with Gasteiger partial charge in [-0.15, -0.1) is 0 Å². The van der Waals surface area contributed by atoms with Gasteiger partial charge in [-0.25, -0.2) is 0 Å². The monoisotopic (exact) mass is 350 g/mol. The summed E-state index contributed by atoms with van der Waals surface area (Å²) in [5.74, 6) is 2.11. The SMILES string of the molecule is CCCCCCC1CC1CCCCCCCCOP(O)(O)=S. The minimum atomic E-state index is -3.42. The average Bonchev–Trinajstić information content (AvgIpc) is 3.19. The summed E-state index contributed by atoms with van der Waals surface area (Å²) in [5, 5.41) is 0. The quantitative estimate of drug-likeness (QED) is 0.300. The van der Waals surface area contributed by atoms with Crippen molar-refractivity contribution in [1.82, 2.24) is 0 Å². The van der Waals surface area contributed by atoms with Crippen LogP contribution >= 0.6 is 6.72 Å². The van der Waals surface area contributed by atoms with Gasteiger partial charge in [0.15, 0.2) is 0 Å². The fourth-order valence-electron chi connectivity index (χ4n) is 3.25. The molecule has 132 valence electrons. The summed E-state index contributed by atoms with van der Waals surface area (Å²) in [5.41, 5.74) is 0. The van der Waals surface area contributed by atoms with Crippen LogP contribution in [0.1, 0.15) is 90.4 Å². The van der Waals surface area contributed by atoms with Crippen LogP contribution in [0.3, 0.4) is 0 Å². The van der Waals surface area contributed by atoms with Gasteiger partial charge in [-0.2, -0.15) is 0 Å². The Kier molecular flexibility index (Phi) is 11.2. The summed E-state index contributed by atoms with van der Waals surface area (Å²) in [7, 11) is 0. The zero-order valence-corrected chi connectivity index (χ0v) is 15.9. The number of hydrogen-bond acceptors (Lipinski definition) is 2. The molecule has 0 aromatic rings. The van der Waals surface area contributed by atoms with Crippen LogP contribution in [-0.4, -0.2) is 16.4 Å². The van der Waals surface area contributed by atoms with Crippen molar-refractivity contribution < 1.29 is 14.3 Å². The van der Waals surface area contributed by atoms with Crippen LogP contribution < -0.4 is 0 Å². The highest BCUT2D eigenvalue weighted by atomic mass is 32.5. The van der Waals surface area contributed by atoms with E-state index in [2.05, 4.69) is 18.7 Å². The van der Waals surface area contributed by atoms with Gasteiger partial charge in [0.25, 0.3) is 0 Å². The predicted molar refractivity (Wildman–Crippen MR) is 97.3 cm³/mol. The number of unbranched alkanes of at least 4 members (excludes halogenated alkanes) is 8. The smallest absolute Gasteiger partial charge is 0.321 e. The van der Waals surface area contributed by atoms with Crippen LogP contribution in [0.25, 0.3) is 0 Å². The molecule has 3 nitrogen and oxygen atoms in total. The van der Waals surface area contributed by atoms with Crippen molar-refractivity contribution in [3.05, 3.63) is 0 Å². The molecule has 1 saturated carbocycles. The van der Waals surface area contributed by atoms with E-state index in [1.54, 1.807) is 0 Å². The minimum Gasteiger partial charge on any atom is -0.325 e.